The van der Waals surface area contributed by atoms with Crippen LogP contribution in [0.3, 0.4) is 0 Å². The van der Waals surface area contributed by atoms with Crippen molar-refractivity contribution in [2.24, 2.45) is 5.92 Å². The van der Waals surface area contributed by atoms with Crippen LogP contribution in [0.1, 0.15) is 18.9 Å². The first-order chi connectivity index (χ1) is 7.17. The van der Waals surface area contributed by atoms with Gasteiger partial charge in [0.25, 0.3) is 0 Å². The van der Waals surface area contributed by atoms with Crippen molar-refractivity contribution in [1.29, 1.82) is 0 Å². The van der Waals surface area contributed by atoms with Crippen LogP contribution in [0.2, 0.25) is 10.0 Å². The van der Waals surface area contributed by atoms with E-state index in [4.69, 9.17) is 23.2 Å². The van der Waals surface area contributed by atoms with Crippen molar-refractivity contribution in [3.63, 3.8) is 0 Å². The lowest BCUT2D eigenvalue weighted by molar-refractivity contribution is 0.481. The van der Waals surface area contributed by atoms with Crippen LogP contribution in [0.4, 0.5) is 0 Å². The zero-order valence-corrected chi connectivity index (χ0v) is 10.7. The molecular formula is C12H17Cl2N. The van der Waals surface area contributed by atoms with Gasteiger partial charge in [-0.15, -0.1) is 0 Å². The third-order valence-corrected chi connectivity index (χ3v) is 3.32. The van der Waals surface area contributed by atoms with Crippen molar-refractivity contribution in [2.45, 2.75) is 19.8 Å². The lowest BCUT2D eigenvalue weighted by atomic mass is 9.97. The molecule has 0 aliphatic carbocycles. The Labute approximate surface area is 102 Å². The molecule has 0 fully saturated rings. The molecule has 1 rings (SSSR count). The quantitative estimate of drug-likeness (QED) is 0.833. The monoisotopic (exact) mass is 245 g/mol. The minimum absolute atomic E-state index is 0.627. The minimum Gasteiger partial charge on any atom is -0.319 e. The second kappa shape index (κ2) is 6.37. The van der Waals surface area contributed by atoms with Crippen molar-refractivity contribution in [3.8, 4) is 0 Å². The zero-order valence-electron chi connectivity index (χ0n) is 9.19. The maximum Gasteiger partial charge on any atom is 0.0595 e. The summed E-state index contributed by atoms with van der Waals surface area (Å²) in [5.74, 6) is 0.659. The van der Waals surface area contributed by atoms with Gasteiger partial charge >= 0.3 is 0 Å². The molecule has 1 nitrogen and oxygen atoms in total. The van der Waals surface area contributed by atoms with Crippen molar-refractivity contribution in [3.05, 3.63) is 33.8 Å². The minimum atomic E-state index is 0.627. The highest BCUT2D eigenvalue weighted by molar-refractivity contribution is 6.42. The van der Waals surface area contributed by atoms with E-state index in [1.54, 1.807) is 0 Å². The average molecular weight is 246 g/mol. The van der Waals surface area contributed by atoms with Crippen LogP contribution in [0.15, 0.2) is 18.2 Å². The Morgan fingerprint density at radius 3 is 2.53 bits per heavy atom. The fourth-order valence-corrected chi connectivity index (χ4v) is 1.97. The number of hydrogen-bond donors (Lipinski definition) is 1. The maximum atomic E-state index is 5.97. The first-order valence-electron chi connectivity index (χ1n) is 5.25. The van der Waals surface area contributed by atoms with Crippen LogP contribution < -0.4 is 5.32 Å². The molecule has 0 saturated heterocycles. The highest BCUT2D eigenvalue weighted by atomic mass is 35.5. The Kier molecular flexibility index (Phi) is 5.44. The van der Waals surface area contributed by atoms with E-state index < -0.39 is 0 Å². The molecule has 1 N–H and O–H groups in total. The fraction of sp³-hybridized carbons (Fsp3) is 0.500. The van der Waals surface area contributed by atoms with E-state index in [2.05, 4.69) is 12.2 Å². The Morgan fingerprint density at radius 2 is 2.00 bits per heavy atom. The number of hydrogen-bond acceptors (Lipinski definition) is 1. The van der Waals surface area contributed by atoms with Crippen LogP contribution >= 0.6 is 23.2 Å². The number of benzene rings is 1. The molecule has 0 spiro atoms. The molecule has 15 heavy (non-hydrogen) atoms. The van der Waals surface area contributed by atoms with E-state index >= 15 is 0 Å². The smallest absolute Gasteiger partial charge is 0.0595 e. The molecule has 1 aromatic rings. The van der Waals surface area contributed by atoms with Crippen LogP contribution in [0.25, 0.3) is 0 Å². The molecule has 84 valence electrons. The molecule has 0 saturated carbocycles. The van der Waals surface area contributed by atoms with E-state index in [1.807, 2.05) is 25.2 Å². The van der Waals surface area contributed by atoms with E-state index in [0.29, 0.717) is 16.0 Å². The summed E-state index contributed by atoms with van der Waals surface area (Å²) in [5.41, 5.74) is 1.26. The van der Waals surface area contributed by atoms with Crippen LogP contribution in [-0.4, -0.2) is 13.6 Å². The van der Waals surface area contributed by atoms with Crippen molar-refractivity contribution in [2.75, 3.05) is 13.6 Å². The summed E-state index contributed by atoms with van der Waals surface area (Å²) in [7, 11) is 1.98. The Morgan fingerprint density at radius 1 is 1.27 bits per heavy atom. The number of halogens is 2. The first kappa shape index (κ1) is 12.8. The molecule has 0 heterocycles. The Balaban J connectivity index is 2.66. The standard InChI is InChI=1S/C12H17Cl2N/c1-3-9(8-15-2)6-10-4-5-11(13)12(14)7-10/h4-5,7,9,15H,3,6,8H2,1-2H3. The Hall–Kier alpha value is -0.240. The van der Waals surface area contributed by atoms with Gasteiger partial charge in [-0.3, -0.25) is 0 Å². The van der Waals surface area contributed by atoms with Crippen molar-refractivity contribution < 1.29 is 0 Å². The summed E-state index contributed by atoms with van der Waals surface area (Å²) in [6.45, 7) is 3.25. The van der Waals surface area contributed by atoms with Crippen LogP contribution in [0.5, 0.6) is 0 Å². The second-order valence-electron chi connectivity index (χ2n) is 3.78. The summed E-state index contributed by atoms with van der Waals surface area (Å²) in [6, 6.07) is 5.88. The fourth-order valence-electron chi connectivity index (χ4n) is 1.65. The van der Waals surface area contributed by atoms with E-state index in [-0.39, 0.29) is 0 Å². The largest absolute Gasteiger partial charge is 0.319 e. The lowest BCUT2D eigenvalue weighted by Crippen LogP contribution is -2.20. The van der Waals surface area contributed by atoms with E-state index in [0.717, 1.165) is 13.0 Å². The predicted octanol–water partition coefficient (Wildman–Crippen LogP) is 3.78. The first-order valence-corrected chi connectivity index (χ1v) is 6.01. The molecule has 1 aromatic carbocycles. The topological polar surface area (TPSA) is 12.0 Å². The summed E-state index contributed by atoms with van der Waals surface area (Å²) >= 11 is 11.8. The van der Waals surface area contributed by atoms with Gasteiger partial charge in [0.1, 0.15) is 0 Å². The summed E-state index contributed by atoms with van der Waals surface area (Å²) < 4.78 is 0. The molecule has 1 atom stereocenters. The highest BCUT2D eigenvalue weighted by Gasteiger charge is 2.07. The number of rotatable bonds is 5. The molecule has 1 unspecified atom stereocenters. The van der Waals surface area contributed by atoms with Crippen LogP contribution in [0, 0.1) is 5.92 Å². The van der Waals surface area contributed by atoms with Gasteiger partial charge in [0.15, 0.2) is 0 Å². The molecule has 0 aromatic heterocycles. The maximum absolute atomic E-state index is 5.97. The zero-order chi connectivity index (χ0) is 11.3. The normalized spacial score (nSPS) is 12.8. The third kappa shape index (κ3) is 4.02. The summed E-state index contributed by atoms with van der Waals surface area (Å²) in [5, 5.41) is 4.48. The number of nitrogens with one attached hydrogen (secondary N) is 1. The van der Waals surface area contributed by atoms with Crippen molar-refractivity contribution in [1.82, 2.24) is 5.32 Å². The van der Waals surface area contributed by atoms with Gasteiger partial charge in [0, 0.05) is 0 Å². The second-order valence-corrected chi connectivity index (χ2v) is 4.60. The van der Waals surface area contributed by atoms with Gasteiger partial charge in [-0.2, -0.15) is 0 Å². The third-order valence-electron chi connectivity index (χ3n) is 2.58. The van der Waals surface area contributed by atoms with Crippen LogP contribution in [-0.2, 0) is 6.42 Å². The Bertz CT molecular complexity index is 312. The lowest BCUT2D eigenvalue weighted by Gasteiger charge is -2.14. The summed E-state index contributed by atoms with van der Waals surface area (Å²) in [4.78, 5) is 0. The SMILES string of the molecule is CCC(CNC)Cc1ccc(Cl)c(Cl)c1. The average Bonchev–Trinajstić information content (AvgIpc) is 2.23. The molecule has 3 heteroatoms. The van der Waals surface area contributed by atoms with Gasteiger partial charge in [-0.05, 0) is 43.6 Å². The van der Waals surface area contributed by atoms with Gasteiger partial charge in [0.2, 0.25) is 0 Å². The molecule has 0 bridgehead atoms. The van der Waals surface area contributed by atoms with Gasteiger partial charge in [0.05, 0.1) is 10.0 Å². The molecule has 0 aliphatic rings. The van der Waals surface area contributed by atoms with Gasteiger partial charge in [-0.1, -0.05) is 42.6 Å². The molecule has 0 radical (unpaired) electrons. The van der Waals surface area contributed by atoms with Gasteiger partial charge < -0.3 is 5.32 Å². The predicted molar refractivity (Wildman–Crippen MR) is 67.9 cm³/mol. The van der Waals surface area contributed by atoms with E-state index in [1.165, 1.54) is 12.0 Å². The van der Waals surface area contributed by atoms with Gasteiger partial charge in [-0.25, -0.2) is 0 Å². The molecular weight excluding hydrogens is 229 g/mol. The molecule has 0 aliphatic heterocycles. The summed E-state index contributed by atoms with van der Waals surface area (Å²) in [6.07, 6.45) is 2.22. The van der Waals surface area contributed by atoms with Crippen molar-refractivity contribution >= 4 is 23.2 Å². The highest BCUT2D eigenvalue weighted by Crippen LogP contribution is 2.24. The molecule has 0 amide bonds. The van der Waals surface area contributed by atoms with E-state index in [9.17, 15) is 0 Å².